The van der Waals surface area contributed by atoms with E-state index < -0.39 is 16.2 Å². The maximum absolute atomic E-state index is 14.3. The van der Waals surface area contributed by atoms with E-state index >= 15 is 0 Å². The second-order valence-corrected chi connectivity index (χ2v) is 21.9. The molecule has 75 heavy (non-hydrogen) atoms. The van der Waals surface area contributed by atoms with Gasteiger partial charge in [0.15, 0.2) is 0 Å². The number of aromatic hydroxyl groups is 3. The Balaban J connectivity index is 0.000000128. The lowest BCUT2D eigenvalue weighted by atomic mass is 9.62. The molecular formula is C63H66F3N3O6. The van der Waals surface area contributed by atoms with E-state index in [9.17, 15) is 42.9 Å². The summed E-state index contributed by atoms with van der Waals surface area (Å²) in [4.78, 5) is 39.9. The third-order valence-corrected chi connectivity index (χ3v) is 17.6. The van der Waals surface area contributed by atoms with Crippen LogP contribution < -0.4 is 16.0 Å². The highest BCUT2D eigenvalue weighted by Crippen LogP contribution is 2.56. The SMILES string of the molecule is Cc1cc(F)cc2c1NC(=O)C2(c1ccc(O)cc1)C1CCCC1.Cc1cc(F)cc2c1NC(=O)C2(c1ccc(O)cc1)C1CCCCC1.Cc1cc(F)cc2c1NC(=O)C2(c1ccc(O)cc1)C1CCCCCC1. The molecule has 3 atom stereocenters. The summed E-state index contributed by atoms with van der Waals surface area (Å²) in [6.45, 7) is 5.49. The zero-order valence-electron chi connectivity index (χ0n) is 42.9. The fraction of sp³-hybridized carbons (Fsp3) is 0.381. The third kappa shape index (κ3) is 8.81. The highest BCUT2D eigenvalue weighted by molar-refractivity contribution is 6.11. The number of phenolic OH excluding ortho intramolecular Hbond substituents is 3. The van der Waals surface area contributed by atoms with Crippen LogP contribution in [0.1, 0.15) is 146 Å². The lowest BCUT2D eigenvalue weighted by molar-refractivity contribution is -0.122. The molecule has 3 saturated carbocycles. The number of carbonyl (C=O) groups is 3. The van der Waals surface area contributed by atoms with Gasteiger partial charge in [0.1, 0.15) is 50.9 Å². The van der Waals surface area contributed by atoms with Crippen LogP contribution in [-0.2, 0) is 30.6 Å². The standard InChI is InChI=1S/C22H24FNO2.C21H22FNO2.C20H20FNO2/c1-14-12-17(23)13-19-20(14)24-21(26)22(19,15-6-4-2-3-5-7-15)16-8-10-18(25)11-9-16;1-13-11-16(22)12-18-19(13)23-20(25)21(18,14-5-3-2-4-6-14)15-7-9-17(24)10-8-15;1-12-10-15(21)11-17-18(12)22-19(24)20(17,13-4-2-3-5-13)14-6-8-16(23)9-7-14/h8-13,15,25H,2-7H2,1H3,(H,24,26);7-12,14,24H,2-6H2,1H3,(H,23,25);6-11,13,23H,2-5H2,1H3,(H,22,24). The van der Waals surface area contributed by atoms with E-state index in [0.29, 0.717) is 0 Å². The Labute approximate surface area is 437 Å². The normalized spacial score (nSPS) is 23.4. The number of hydrogen-bond donors (Lipinski definition) is 6. The third-order valence-electron chi connectivity index (χ3n) is 17.6. The molecule has 6 aromatic carbocycles. The van der Waals surface area contributed by atoms with Crippen molar-refractivity contribution in [3.63, 3.8) is 0 Å². The summed E-state index contributed by atoms with van der Waals surface area (Å²) in [5, 5.41) is 38.1. The van der Waals surface area contributed by atoms with Gasteiger partial charge in [-0.25, -0.2) is 13.2 Å². The van der Waals surface area contributed by atoms with Crippen LogP contribution in [0.15, 0.2) is 109 Å². The molecule has 3 amide bonds. The highest BCUT2D eigenvalue weighted by Gasteiger charge is 2.57. The quantitative estimate of drug-likeness (QED) is 0.0916. The second-order valence-electron chi connectivity index (χ2n) is 21.9. The van der Waals surface area contributed by atoms with Crippen LogP contribution in [0.3, 0.4) is 0 Å². The van der Waals surface area contributed by atoms with E-state index in [2.05, 4.69) is 16.0 Å². The van der Waals surface area contributed by atoms with Gasteiger partial charge in [0.25, 0.3) is 0 Å². The van der Waals surface area contributed by atoms with Crippen molar-refractivity contribution in [2.24, 2.45) is 17.8 Å². The predicted octanol–water partition coefficient (Wildman–Crippen LogP) is 14.0. The zero-order valence-corrected chi connectivity index (χ0v) is 42.9. The van der Waals surface area contributed by atoms with Crippen molar-refractivity contribution in [2.75, 3.05) is 16.0 Å². The van der Waals surface area contributed by atoms with Crippen molar-refractivity contribution in [1.82, 2.24) is 0 Å². The molecular weight excluding hydrogens is 952 g/mol. The maximum Gasteiger partial charge on any atom is 0.239 e. The summed E-state index contributed by atoms with van der Waals surface area (Å²) in [5.41, 5.74) is 6.56. The summed E-state index contributed by atoms with van der Waals surface area (Å²) in [5.74, 6) is -0.277. The minimum atomic E-state index is -0.889. The number of phenols is 3. The van der Waals surface area contributed by atoms with Crippen molar-refractivity contribution >= 4 is 34.8 Å². The van der Waals surface area contributed by atoms with Crippen molar-refractivity contribution < 1.29 is 42.9 Å². The first-order chi connectivity index (χ1) is 36.1. The Bertz CT molecular complexity index is 3140. The highest BCUT2D eigenvalue weighted by atomic mass is 19.1. The molecule has 12 rings (SSSR count). The molecule has 6 aromatic rings. The number of aryl methyl sites for hydroxylation is 3. The van der Waals surface area contributed by atoms with E-state index in [4.69, 9.17) is 0 Å². The van der Waals surface area contributed by atoms with Gasteiger partial charge in [-0.2, -0.15) is 0 Å². The van der Waals surface area contributed by atoms with Gasteiger partial charge in [-0.3, -0.25) is 14.4 Å². The number of halogens is 3. The maximum atomic E-state index is 14.3. The average Bonchev–Trinajstić information content (AvgIpc) is 4.16. The van der Waals surface area contributed by atoms with Gasteiger partial charge in [-0.05, 0) is 200 Å². The summed E-state index contributed by atoms with van der Waals surface area (Å²) in [7, 11) is 0. The van der Waals surface area contributed by atoms with Gasteiger partial charge in [0.05, 0.1) is 0 Å². The smallest absolute Gasteiger partial charge is 0.239 e. The molecule has 0 bridgehead atoms. The molecule has 0 aromatic heterocycles. The zero-order chi connectivity index (χ0) is 52.8. The molecule has 0 saturated heterocycles. The summed E-state index contributed by atoms with van der Waals surface area (Å²) >= 11 is 0. The van der Waals surface area contributed by atoms with Gasteiger partial charge in [-0.1, -0.05) is 94.2 Å². The lowest BCUT2D eigenvalue weighted by Crippen LogP contribution is -2.43. The van der Waals surface area contributed by atoms with Crippen molar-refractivity contribution in [3.8, 4) is 17.2 Å². The molecule has 0 radical (unpaired) electrons. The van der Waals surface area contributed by atoms with Gasteiger partial charge in [0, 0.05) is 17.1 Å². The number of rotatable bonds is 6. The van der Waals surface area contributed by atoms with Gasteiger partial charge in [-0.15, -0.1) is 0 Å². The molecule has 0 spiro atoms. The molecule has 3 aliphatic carbocycles. The molecule has 3 fully saturated rings. The molecule has 3 unspecified atom stereocenters. The van der Waals surface area contributed by atoms with Crippen molar-refractivity contribution in [3.05, 3.63) is 177 Å². The van der Waals surface area contributed by atoms with Gasteiger partial charge >= 0.3 is 0 Å². The van der Waals surface area contributed by atoms with Gasteiger partial charge in [0.2, 0.25) is 17.7 Å². The number of fused-ring (bicyclic) bond motifs is 3. The van der Waals surface area contributed by atoms with Crippen molar-refractivity contribution in [2.45, 2.75) is 133 Å². The first kappa shape index (κ1) is 51.4. The molecule has 9 nitrogen and oxygen atoms in total. The first-order valence-electron chi connectivity index (χ1n) is 26.8. The molecule has 6 N–H and O–H groups in total. The average molecular weight is 1020 g/mol. The largest absolute Gasteiger partial charge is 0.508 e. The number of benzene rings is 6. The van der Waals surface area contributed by atoms with Crippen molar-refractivity contribution in [1.29, 1.82) is 0 Å². The fourth-order valence-electron chi connectivity index (χ4n) is 14.2. The minimum Gasteiger partial charge on any atom is -0.508 e. The summed E-state index contributed by atoms with van der Waals surface area (Å²) in [6.07, 6.45) is 15.7. The Hall–Kier alpha value is -7.08. The molecule has 390 valence electrons. The van der Waals surface area contributed by atoms with Crippen LogP contribution in [-0.4, -0.2) is 33.0 Å². The minimum absolute atomic E-state index is 0.0706. The number of nitrogens with one attached hydrogen (secondary N) is 3. The number of carbonyl (C=O) groups excluding carboxylic acids is 3. The van der Waals surface area contributed by atoms with Crippen LogP contribution >= 0.6 is 0 Å². The van der Waals surface area contributed by atoms with E-state index in [1.54, 1.807) is 60.7 Å². The Kier molecular flexibility index (Phi) is 14.1. The van der Waals surface area contributed by atoms with Crippen LogP contribution in [0.5, 0.6) is 17.2 Å². The summed E-state index contributed by atoms with van der Waals surface area (Å²) < 4.78 is 42.8. The van der Waals surface area contributed by atoms with Crippen LogP contribution in [0.2, 0.25) is 0 Å². The van der Waals surface area contributed by atoms with E-state index in [1.165, 1.54) is 55.7 Å². The van der Waals surface area contributed by atoms with E-state index in [0.717, 1.165) is 144 Å². The summed E-state index contributed by atoms with van der Waals surface area (Å²) in [6, 6.07) is 29.4. The Morgan fingerprint density at radius 2 is 0.600 bits per heavy atom. The van der Waals surface area contributed by atoms with Crippen LogP contribution in [0.4, 0.5) is 30.2 Å². The fourth-order valence-corrected chi connectivity index (χ4v) is 14.2. The molecule has 3 aliphatic heterocycles. The van der Waals surface area contributed by atoms with Crippen LogP contribution in [0.25, 0.3) is 0 Å². The molecule has 12 heteroatoms. The number of hydrogen-bond acceptors (Lipinski definition) is 6. The number of anilines is 3. The van der Waals surface area contributed by atoms with E-state index in [-0.39, 0.29) is 70.2 Å². The van der Waals surface area contributed by atoms with Crippen LogP contribution in [0, 0.1) is 56.0 Å². The lowest BCUT2D eigenvalue weighted by Gasteiger charge is -2.39. The Morgan fingerprint density at radius 3 is 0.853 bits per heavy atom. The molecule has 3 heterocycles. The number of amides is 3. The van der Waals surface area contributed by atoms with Gasteiger partial charge < -0.3 is 31.3 Å². The van der Waals surface area contributed by atoms with E-state index in [1.807, 2.05) is 32.9 Å². The topological polar surface area (TPSA) is 148 Å². The molecule has 6 aliphatic rings. The second kappa shape index (κ2) is 20.6. The predicted molar refractivity (Wildman–Crippen MR) is 286 cm³/mol. The first-order valence-corrected chi connectivity index (χ1v) is 26.8. The monoisotopic (exact) mass is 1020 g/mol. The Morgan fingerprint density at radius 1 is 0.373 bits per heavy atom.